The molecule has 1 aromatic heterocycles. The molecule has 0 atom stereocenters. The quantitative estimate of drug-likeness (QED) is 0.834. The van der Waals surface area contributed by atoms with Crippen molar-refractivity contribution in [1.82, 2.24) is 14.7 Å². The zero-order chi connectivity index (χ0) is 13.3. The van der Waals surface area contributed by atoms with E-state index in [0.29, 0.717) is 5.69 Å². The van der Waals surface area contributed by atoms with Crippen LogP contribution in [-0.2, 0) is 18.3 Å². The Kier molecular flexibility index (Phi) is 3.36. The van der Waals surface area contributed by atoms with E-state index in [0.717, 1.165) is 25.0 Å². The highest BCUT2D eigenvalue weighted by atomic mass is 16.4. The molecule has 1 saturated carbocycles. The van der Waals surface area contributed by atoms with Gasteiger partial charge in [-0.2, -0.15) is 5.10 Å². The van der Waals surface area contributed by atoms with Crippen LogP contribution in [0.15, 0.2) is 6.07 Å². The molecular formula is C12H17N3O3. The van der Waals surface area contributed by atoms with Crippen LogP contribution in [0.4, 0.5) is 0 Å². The largest absolute Gasteiger partial charge is 0.480 e. The monoisotopic (exact) mass is 251 g/mol. The summed E-state index contributed by atoms with van der Waals surface area (Å²) in [6.45, 7) is 1.72. The number of carboxylic acid groups (broad SMARTS) is 1. The minimum Gasteiger partial charge on any atom is -0.480 e. The minimum absolute atomic E-state index is 0.0774. The molecule has 1 heterocycles. The maximum Gasteiger partial charge on any atom is 0.323 e. The Balaban J connectivity index is 2.21. The number of aliphatic carboxylic acids is 1. The third-order valence-electron chi connectivity index (χ3n) is 3.07. The van der Waals surface area contributed by atoms with Gasteiger partial charge in [-0.05, 0) is 25.3 Å². The summed E-state index contributed by atoms with van der Waals surface area (Å²) in [6, 6.07) is 1.81. The molecule has 0 unspecified atom stereocenters. The smallest absolute Gasteiger partial charge is 0.323 e. The molecule has 0 radical (unpaired) electrons. The van der Waals surface area contributed by atoms with Gasteiger partial charge in [-0.25, -0.2) is 0 Å². The lowest BCUT2D eigenvalue weighted by atomic mass is 10.2. The van der Waals surface area contributed by atoms with Gasteiger partial charge in [0.2, 0.25) is 0 Å². The van der Waals surface area contributed by atoms with Crippen molar-refractivity contribution in [3.63, 3.8) is 0 Å². The second-order valence-corrected chi connectivity index (χ2v) is 4.56. The number of nitrogens with zero attached hydrogens (tertiary/aromatic N) is 3. The summed E-state index contributed by atoms with van der Waals surface area (Å²) < 4.78 is 1.53. The first kappa shape index (κ1) is 12.6. The third kappa shape index (κ3) is 2.52. The number of carbonyl (C=O) groups excluding carboxylic acids is 1. The van der Waals surface area contributed by atoms with Crippen molar-refractivity contribution in [3.8, 4) is 0 Å². The molecule has 1 aromatic rings. The number of aromatic nitrogens is 2. The van der Waals surface area contributed by atoms with Crippen molar-refractivity contribution in [3.05, 3.63) is 17.5 Å². The Labute approximate surface area is 105 Å². The molecule has 98 valence electrons. The van der Waals surface area contributed by atoms with Crippen LogP contribution in [0.1, 0.15) is 35.9 Å². The molecule has 0 aliphatic heterocycles. The van der Waals surface area contributed by atoms with Gasteiger partial charge in [0.25, 0.3) is 5.91 Å². The lowest BCUT2D eigenvalue weighted by Crippen LogP contribution is -2.38. The normalized spacial score (nSPS) is 14.6. The average molecular weight is 251 g/mol. The molecule has 0 spiro atoms. The van der Waals surface area contributed by atoms with Gasteiger partial charge in [-0.3, -0.25) is 14.3 Å². The highest BCUT2D eigenvalue weighted by Crippen LogP contribution is 2.28. The Morgan fingerprint density at radius 3 is 2.67 bits per heavy atom. The molecule has 2 rings (SSSR count). The Bertz CT molecular complexity index is 477. The van der Waals surface area contributed by atoms with Crippen molar-refractivity contribution in [2.24, 2.45) is 7.05 Å². The topological polar surface area (TPSA) is 75.4 Å². The molecule has 1 aliphatic carbocycles. The van der Waals surface area contributed by atoms with Gasteiger partial charge in [0.15, 0.2) is 0 Å². The van der Waals surface area contributed by atoms with E-state index in [1.807, 2.05) is 6.92 Å². The summed E-state index contributed by atoms with van der Waals surface area (Å²) in [7, 11) is 1.71. The standard InChI is InChI=1S/C12H17N3O3/c1-3-8-6-10(14(2)13-8)12(18)15(7-11(16)17)9-4-5-9/h6,9H,3-5,7H2,1-2H3,(H,16,17). The van der Waals surface area contributed by atoms with Crippen molar-refractivity contribution in [2.45, 2.75) is 32.2 Å². The zero-order valence-corrected chi connectivity index (χ0v) is 10.6. The van der Waals surface area contributed by atoms with Crippen LogP contribution in [0.2, 0.25) is 0 Å². The molecule has 6 nitrogen and oxygen atoms in total. The first-order valence-electron chi connectivity index (χ1n) is 6.08. The minimum atomic E-state index is -0.979. The van der Waals surface area contributed by atoms with Gasteiger partial charge in [-0.1, -0.05) is 6.92 Å². The molecular weight excluding hydrogens is 234 g/mol. The van der Waals surface area contributed by atoms with Crippen LogP contribution in [0, 0.1) is 0 Å². The van der Waals surface area contributed by atoms with Crippen molar-refractivity contribution < 1.29 is 14.7 Å². The maximum absolute atomic E-state index is 12.3. The van der Waals surface area contributed by atoms with E-state index >= 15 is 0 Å². The molecule has 1 N–H and O–H groups in total. The number of carboxylic acids is 1. The average Bonchev–Trinajstić information content (AvgIpc) is 3.08. The highest BCUT2D eigenvalue weighted by Gasteiger charge is 2.35. The van der Waals surface area contributed by atoms with Gasteiger partial charge < -0.3 is 10.0 Å². The second-order valence-electron chi connectivity index (χ2n) is 4.56. The molecule has 0 aromatic carbocycles. The van der Waals surface area contributed by atoms with E-state index in [4.69, 9.17) is 5.11 Å². The lowest BCUT2D eigenvalue weighted by Gasteiger charge is -2.19. The summed E-state index contributed by atoms with van der Waals surface area (Å²) in [5, 5.41) is 13.1. The predicted molar refractivity (Wildman–Crippen MR) is 64.3 cm³/mol. The van der Waals surface area contributed by atoms with Gasteiger partial charge in [-0.15, -0.1) is 0 Å². The van der Waals surface area contributed by atoms with Crippen LogP contribution >= 0.6 is 0 Å². The molecule has 1 fully saturated rings. The lowest BCUT2D eigenvalue weighted by molar-refractivity contribution is -0.137. The molecule has 1 amide bonds. The van der Waals surface area contributed by atoms with Crippen LogP contribution < -0.4 is 0 Å². The molecule has 1 aliphatic rings. The van der Waals surface area contributed by atoms with Crippen LogP contribution in [-0.4, -0.2) is 44.3 Å². The van der Waals surface area contributed by atoms with E-state index < -0.39 is 5.97 Å². The fraction of sp³-hybridized carbons (Fsp3) is 0.583. The Morgan fingerprint density at radius 1 is 1.56 bits per heavy atom. The number of hydrogen-bond acceptors (Lipinski definition) is 3. The fourth-order valence-electron chi connectivity index (χ4n) is 1.95. The highest BCUT2D eigenvalue weighted by molar-refractivity contribution is 5.95. The first-order chi connectivity index (χ1) is 8.52. The summed E-state index contributed by atoms with van der Waals surface area (Å²) in [5.41, 5.74) is 1.30. The third-order valence-corrected chi connectivity index (χ3v) is 3.07. The van der Waals surface area contributed by atoms with Crippen LogP contribution in [0.3, 0.4) is 0 Å². The molecule has 6 heteroatoms. The summed E-state index contributed by atoms with van der Waals surface area (Å²) >= 11 is 0. The predicted octanol–water partition coefficient (Wildman–Crippen LogP) is 0.672. The van der Waals surface area contributed by atoms with E-state index in [1.54, 1.807) is 13.1 Å². The van der Waals surface area contributed by atoms with Crippen molar-refractivity contribution >= 4 is 11.9 Å². The summed E-state index contributed by atoms with van der Waals surface area (Å²) in [5.74, 6) is -1.22. The first-order valence-corrected chi connectivity index (χ1v) is 6.08. The van der Waals surface area contributed by atoms with Crippen LogP contribution in [0.5, 0.6) is 0 Å². The SMILES string of the molecule is CCc1cc(C(=O)N(CC(=O)O)C2CC2)n(C)n1. The van der Waals surface area contributed by atoms with Crippen molar-refractivity contribution in [2.75, 3.05) is 6.54 Å². The van der Waals surface area contributed by atoms with Gasteiger partial charge in [0, 0.05) is 13.1 Å². The van der Waals surface area contributed by atoms with Gasteiger partial charge in [0.1, 0.15) is 12.2 Å². The van der Waals surface area contributed by atoms with E-state index in [2.05, 4.69) is 5.10 Å². The second kappa shape index (κ2) is 4.80. The summed E-state index contributed by atoms with van der Waals surface area (Å²) in [6.07, 6.45) is 2.53. The van der Waals surface area contributed by atoms with E-state index in [-0.39, 0.29) is 18.5 Å². The number of aryl methyl sites for hydroxylation is 2. The number of hydrogen-bond donors (Lipinski definition) is 1. The number of carbonyl (C=O) groups is 2. The Hall–Kier alpha value is -1.85. The van der Waals surface area contributed by atoms with E-state index in [9.17, 15) is 9.59 Å². The van der Waals surface area contributed by atoms with Crippen LogP contribution in [0.25, 0.3) is 0 Å². The number of amides is 1. The maximum atomic E-state index is 12.3. The summed E-state index contributed by atoms with van der Waals surface area (Å²) in [4.78, 5) is 24.6. The Morgan fingerprint density at radius 2 is 2.22 bits per heavy atom. The fourth-order valence-corrected chi connectivity index (χ4v) is 1.95. The van der Waals surface area contributed by atoms with Crippen molar-refractivity contribution in [1.29, 1.82) is 0 Å². The van der Waals surface area contributed by atoms with Gasteiger partial charge in [0.05, 0.1) is 5.69 Å². The zero-order valence-electron chi connectivity index (χ0n) is 10.6. The van der Waals surface area contributed by atoms with E-state index in [1.165, 1.54) is 9.58 Å². The molecule has 0 saturated heterocycles. The molecule has 0 bridgehead atoms. The number of rotatable bonds is 5. The molecule has 18 heavy (non-hydrogen) atoms. The van der Waals surface area contributed by atoms with Gasteiger partial charge >= 0.3 is 5.97 Å².